The van der Waals surface area contributed by atoms with Crippen LogP contribution < -0.4 is 5.32 Å². The van der Waals surface area contributed by atoms with Crippen molar-refractivity contribution in [3.63, 3.8) is 0 Å². The minimum atomic E-state index is -0.592. The SMILES string of the molecule is CCN(C(=O)C(=O)Nc1ccc(I)cc1C)C(C)(C)C. The summed E-state index contributed by atoms with van der Waals surface area (Å²) in [6, 6.07) is 5.67. The zero-order chi connectivity index (χ0) is 15.5. The number of benzene rings is 1. The van der Waals surface area contributed by atoms with Gasteiger partial charge >= 0.3 is 11.8 Å². The van der Waals surface area contributed by atoms with Crippen LogP contribution in [0.5, 0.6) is 0 Å². The zero-order valence-corrected chi connectivity index (χ0v) is 14.7. The van der Waals surface area contributed by atoms with Crippen molar-refractivity contribution in [2.45, 2.75) is 40.2 Å². The van der Waals surface area contributed by atoms with Crippen molar-refractivity contribution in [1.82, 2.24) is 4.90 Å². The molecular weight excluding hydrogens is 367 g/mol. The van der Waals surface area contributed by atoms with Crippen molar-refractivity contribution in [1.29, 1.82) is 0 Å². The number of carbonyl (C=O) groups is 2. The van der Waals surface area contributed by atoms with Crippen molar-refractivity contribution in [2.24, 2.45) is 0 Å². The number of halogens is 1. The standard InChI is InChI=1S/C15H21IN2O2/c1-6-18(15(3,4)5)14(20)13(19)17-12-8-7-11(16)9-10(12)2/h7-9H,6H2,1-5H3,(H,17,19). The Morgan fingerprint density at radius 1 is 1.30 bits per heavy atom. The Bertz CT molecular complexity index is 521. The summed E-state index contributed by atoms with van der Waals surface area (Å²) in [7, 11) is 0. The molecule has 0 radical (unpaired) electrons. The molecule has 2 amide bonds. The summed E-state index contributed by atoms with van der Waals surface area (Å²) in [6.45, 7) is 10.0. The van der Waals surface area contributed by atoms with E-state index in [1.807, 2.05) is 52.8 Å². The van der Waals surface area contributed by atoms with Crippen LogP contribution in [-0.4, -0.2) is 28.8 Å². The predicted molar refractivity (Wildman–Crippen MR) is 89.7 cm³/mol. The van der Waals surface area contributed by atoms with E-state index in [0.29, 0.717) is 12.2 Å². The van der Waals surface area contributed by atoms with Gasteiger partial charge in [-0.25, -0.2) is 0 Å². The Balaban J connectivity index is 2.88. The maximum atomic E-state index is 12.2. The molecule has 0 saturated carbocycles. The summed E-state index contributed by atoms with van der Waals surface area (Å²) >= 11 is 2.21. The Morgan fingerprint density at radius 2 is 1.90 bits per heavy atom. The minimum Gasteiger partial charge on any atom is -0.330 e. The third-order valence-corrected chi connectivity index (χ3v) is 3.67. The molecule has 0 spiro atoms. The van der Waals surface area contributed by atoms with Crippen molar-refractivity contribution in [3.05, 3.63) is 27.3 Å². The molecule has 110 valence electrons. The van der Waals surface area contributed by atoms with Crippen molar-refractivity contribution in [3.8, 4) is 0 Å². The molecule has 1 rings (SSSR count). The molecule has 0 unspecified atom stereocenters. The van der Waals surface area contributed by atoms with Crippen LogP contribution in [0.4, 0.5) is 5.69 Å². The van der Waals surface area contributed by atoms with Gasteiger partial charge in [0.1, 0.15) is 0 Å². The van der Waals surface area contributed by atoms with Gasteiger partial charge < -0.3 is 10.2 Å². The number of nitrogens with one attached hydrogen (secondary N) is 1. The zero-order valence-electron chi connectivity index (χ0n) is 12.6. The van der Waals surface area contributed by atoms with Crippen LogP contribution in [-0.2, 0) is 9.59 Å². The van der Waals surface area contributed by atoms with Gasteiger partial charge in [-0.15, -0.1) is 0 Å². The fourth-order valence-corrected chi connectivity index (χ4v) is 2.64. The first-order valence-electron chi connectivity index (χ1n) is 6.56. The average Bonchev–Trinajstić information content (AvgIpc) is 2.31. The van der Waals surface area contributed by atoms with Gasteiger partial charge in [-0.2, -0.15) is 0 Å². The number of hydrogen-bond donors (Lipinski definition) is 1. The number of carbonyl (C=O) groups excluding carboxylic acids is 2. The lowest BCUT2D eigenvalue weighted by Gasteiger charge is -2.34. The molecule has 1 N–H and O–H groups in total. The van der Waals surface area contributed by atoms with Gasteiger partial charge in [-0.3, -0.25) is 9.59 Å². The number of amides is 2. The van der Waals surface area contributed by atoms with Crippen LogP contribution in [0.15, 0.2) is 18.2 Å². The number of aryl methyl sites for hydroxylation is 1. The summed E-state index contributed by atoms with van der Waals surface area (Å²) in [5, 5.41) is 2.69. The Labute approximate surface area is 134 Å². The fourth-order valence-electron chi connectivity index (χ4n) is 1.99. The summed E-state index contributed by atoms with van der Waals surface area (Å²) in [6.07, 6.45) is 0. The Hall–Kier alpha value is -1.11. The molecule has 20 heavy (non-hydrogen) atoms. The summed E-state index contributed by atoms with van der Waals surface area (Å²) in [5.41, 5.74) is 1.25. The lowest BCUT2D eigenvalue weighted by atomic mass is 10.1. The van der Waals surface area contributed by atoms with E-state index in [9.17, 15) is 9.59 Å². The van der Waals surface area contributed by atoms with Crippen molar-refractivity contribution >= 4 is 40.1 Å². The van der Waals surface area contributed by atoms with Gasteiger partial charge in [-0.05, 0) is 81.0 Å². The van der Waals surface area contributed by atoms with Gasteiger partial charge in [0.25, 0.3) is 0 Å². The lowest BCUT2D eigenvalue weighted by molar-refractivity contribution is -0.146. The highest BCUT2D eigenvalue weighted by Crippen LogP contribution is 2.19. The third-order valence-electron chi connectivity index (χ3n) is 3.00. The first-order valence-corrected chi connectivity index (χ1v) is 7.63. The molecule has 0 aliphatic rings. The van der Waals surface area contributed by atoms with Gasteiger partial charge in [0.2, 0.25) is 0 Å². The van der Waals surface area contributed by atoms with Crippen molar-refractivity contribution in [2.75, 3.05) is 11.9 Å². The summed E-state index contributed by atoms with van der Waals surface area (Å²) in [5.74, 6) is -1.09. The van der Waals surface area contributed by atoms with E-state index in [-0.39, 0.29) is 5.54 Å². The quantitative estimate of drug-likeness (QED) is 0.625. The molecule has 0 fully saturated rings. The summed E-state index contributed by atoms with van der Waals surface area (Å²) in [4.78, 5) is 25.9. The normalized spacial score (nSPS) is 11.1. The molecule has 5 heteroatoms. The number of nitrogens with zero attached hydrogens (tertiary/aromatic N) is 1. The van der Waals surface area contributed by atoms with Gasteiger partial charge in [-0.1, -0.05) is 0 Å². The maximum absolute atomic E-state index is 12.2. The second kappa shape index (κ2) is 6.56. The van der Waals surface area contributed by atoms with E-state index >= 15 is 0 Å². The molecule has 0 aliphatic heterocycles. The first-order chi connectivity index (χ1) is 9.16. The molecule has 0 saturated heterocycles. The van der Waals surface area contributed by atoms with Crippen LogP contribution in [0.1, 0.15) is 33.3 Å². The molecule has 0 atom stereocenters. The van der Waals surface area contributed by atoms with Crippen LogP contribution in [0.3, 0.4) is 0 Å². The number of hydrogen-bond acceptors (Lipinski definition) is 2. The molecule has 4 nitrogen and oxygen atoms in total. The molecule has 1 aromatic carbocycles. The molecule has 0 heterocycles. The van der Waals surface area contributed by atoms with Gasteiger partial charge in [0.15, 0.2) is 0 Å². The minimum absolute atomic E-state index is 0.371. The highest BCUT2D eigenvalue weighted by atomic mass is 127. The highest BCUT2D eigenvalue weighted by Gasteiger charge is 2.29. The van der Waals surface area contributed by atoms with E-state index in [1.54, 1.807) is 4.90 Å². The molecule has 0 aromatic heterocycles. The number of likely N-dealkylation sites (N-methyl/N-ethyl adjacent to an activating group) is 1. The molecule has 0 aliphatic carbocycles. The fraction of sp³-hybridized carbons (Fsp3) is 0.467. The summed E-state index contributed by atoms with van der Waals surface area (Å²) < 4.78 is 1.09. The molecule has 1 aromatic rings. The monoisotopic (exact) mass is 388 g/mol. The van der Waals surface area contributed by atoms with Crippen molar-refractivity contribution < 1.29 is 9.59 Å². The predicted octanol–water partition coefficient (Wildman–Crippen LogP) is 3.19. The number of anilines is 1. The first kappa shape index (κ1) is 16.9. The smallest absolute Gasteiger partial charge is 0.313 e. The van der Waals surface area contributed by atoms with E-state index < -0.39 is 11.8 Å². The van der Waals surface area contributed by atoms with Crippen LogP contribution >= 0.6 is 22.6 Å². The highest BCUT2D eigenvalue weighted by molar-refractivity contribution is 14.1. The van der Waals surface area contributed by atoms with E-state index in [2.05, 4.69) is 27.9 Å². The Kier molecular flexibility index (Phi) is 5.56. The van der Waals surface area contributed by atoms with E-state index in [1.165, 1.54) is 0 Å². The van der Waals surface area contributed by atoms with Gasteiger partial charge in [0.05, 0.1) is 0 Å². The largest absolute Gasteiger partial charge is 0.330 e. The second-order valence-electron chi connectivity index (χ2n) is 5.63. The molecular formula is C15H21IN2O2. The third kappa shape index (κ3) is 4.19. The van der Waals surface area contributed by atoms with E-state index in [4.69, 9.17) is 0 Å². The van der Waals surface area contributed by atoms with Crippen LogP contribution in [0.2, 0.25) is 0 Å². The number of rotatable bonds is 2. The second-order valence-corrected chi connectivity index (χ2v) is 6.88. The van der Waals surface area contributed by atoms with E-state index in [0.717, 1.165) is 9.13 Å². The topological polar surface area (TPSA) is 49.4 Å². The maximum Gasteiger partial charge on any atom is 0.313 e. The van der Waals surface area contributed by atoms with Crippen LogP contribution in [0, 0.1) is 10.5 Å². The average molecular weight is 388 g/mol. The van der Waals surface area contributed by atoms with Gasteiger partial charge in [0, 0.05) is 21.3 Å². The Morgan fingerprint density at radius 3 is 2.35 bits per heavy atom. The lowest BCUT2D eigenvalue weighted by Crippen LogP contribution is -2.49. The van der Waals surface area contributed by atoms with Crippen LogP contribution in [0.25, 0.3) is 0 Å². The molecule has 0 bridgehead atoms.